The number of likely N-dealkylation sites (tertiary alicyclic amines) is 1. The van der Waals surface area contributed by atoms with E-state index in [-0.39, 0.29) is 5.91 Å². The van der Waals surface area contributed by atoms with Crippen molar-refractivity contribution in [1.29, 1.82) is 0 Å². The van der Waals surface area contributed by atoms with Crippen molar-refractivity contribution >= 4 is 18.0 Å². The lowest BCUT2D eigenvalue weighted by atomic mass is 9.93. The third-order valence-electron chi connectivity index (χ3n) is 4.23. The Labute approximate surface area is 125 Å². The SMILES string of the molecule is CCC1(C(=O)O)CCCN1C(=O)/C=C/c1ccc(C)cc1. The van der Waals surface area contributed by atoms with Gasteiger partial charge in [0, 0.05) is 12.6 Å². The number of nitrogens with zero attached hydrogens (tertiary/aromatic N) is 1. The molecule has 4 nitrogen and oxygen atoms in total. The lowest BCUT2D eigenvalue weighted by Gasteiger charge is -2.33. The molecule has 1 saturated heterocycles. The van der Waals surface area contributed by atoms with Crippen LogP contribution in [0.5, 0.6) is 0 Å². The Kier molecular flexibility index (Phi) is 4.46. The molecule has 21 heavy (non-hydrogen) atoms. The predicted molar refractivity (Wildman–Crippen MR) is 81.8 cm³/mol. The van der Waals surface area contributed by atoms with E-state index in [1.165, 1.54) is 11.0 Å². The zero-order valence-corrected chi connectivity index (χ0v) is 12.5. The lowest BCUT2D eigenvalue weighted by Crippen LogP contribution is -2.52. The molecule has 1 amide bonds. The second kappa shape index (κ2) is 6.12. The first-order valence-corrected chi connectivity index (χ1v) is 7.29. The van der Waals surface area contributed by atoms with Gasteiger partial charge in [-0.1, -0.05) is 36.8 Å². The number of carboxylic acids is 1. The highest BCUT2D eigenvalue weighted by Crippen LogP contribution is 2.33. The number of benzene rings is 1. The summed E-state index contributed by atoms with van der Waals surface area (Å²) in [5, 5.41) is 9.48. The molecule has 2 rings (SSSR count). The quantitative estimate of drug-likeness (QED) is 0.866. The first-order valence-electron chi connectivity index (χ1n) is 7.29. The van der Waals surface area contributed by atoms with Gasteiger partial charge in [-0.15, -0.1) is 0 Å². The van der Waals surface area contributed by atoms with Crippen molar-refractivity contribution in [3.8, 4) is 0 Å². The minimum atomic E-state index is -1.03. The molecule has 1 atom stereocenters. The van der Waals surface area contributed by atoms with Crippen molar-refractivity contribution in [3.05, 3.63) is 41.5 Å². The maximum Gasteiger partial charge on any atom is 0.329 e. The van der Waals surface area contributed by atoms with Crippen LogP contribution < -0.4 is 0 Å². The highest BCUT2D eigenvalue weighted by atomic mass is 16.4. The van der Waals surface area contributed by atoms with Crippen molar-refractivity contribution in [2.45, 2.75) is 38.6 Å². The molecule has 0 bridgehead atoms. The fourth-order valence-electron chi connectivity index (χ4n) is 2.88. The van der Waals surface area contributed by atoms with Gasteiger partial charge >= 0.3 is 5.97 Å². The van der Waals surface area contributed by atoms with Gasteiger partial charge in [0.25, 0.3) is 0 Å². The molecule has 112 valence electrons. The van der Waals surface area contributed by atoms with Crippen LogP contribution in [0.2, 0.25) is 0 Å². The molecule has 0 radical (unpaired) electrons. The lowest BCUT2D eigenvalue weighted by molar-refractivity contribution is -0.155. The van der Waals surface area contributed by atoms with Crippen molar-refractivity contribution < 1.29 is 14.7 Å². The van der Waals surface area contributed by atoms with E-state index in [1.54, 1.807) is 6.08 Å². The van der Waals surface area contributed by atoms with Crippen molar-refractivity contribution in [2.75, 3.05) is 6.54 Å². The molecule has 1 aromatic carbocycles. The Balaban J connectivity index is 2.15. The minimum absolute atomic E-state index is 0.225. The Morgan fingerprint density at radius 3 is 2.57 bits per heavy atom. The summed E-state index contributed by atoms with van der Waals surface area (Å²) < 4.78 is 0. The second-order valence-corrected chi connectivity index (χ2v) is 5.53. The molecule has 1 aliphatic rings. The van der Waals surface area contributed by atoms with E-state index in [4.69, 9.17) is 0 Å². The summed E-state index contributed by atoms with van der Waals surface area (Å²) in [6, 6.07) is 7.84. The molecule has 0 saturated carbocycles. The highest BCUT2D eigenvalue weighted by Gasteiger charge is 2.47. The Hall–Kier alpha value is -2.10. The van der Waals surface area contributed by atoms with Crippen LogP contribution in [0, 0.1) is 6.92 Å². The van der Waals surface area contributed by atoms with Crippen LogP contribution in [0.1, 0.15) is 37.3 Å². The van der Waals surface area contributed by atoms with Crippen LogP contribution in [-0.2, 0) is 9.59 Å². The van der Waals surface area contributed by atoms with Gasteiger partial charge in [0.2, 0.25) is 5.91 Å². The van der Waals surface area contributed by atoms with Gasteiger partial charge in [-0.25, -0.2) is 4.79 Å². The number of carbonyl (C=O) groups is 2. The molecule has 4 heteroatoms. The first-order chi connectivity index (χ1) is 9.99. The summed E-state index contributed by atoms with van der Waals surface area (Å²) >= 11 is 0. The van der Waals surface area contributed by atoms with Crippen molar-refractivity contribution in [2.24, 2.45) is 0 Å². The molecule has 0 aromatic heterocycles. The fraction of sp³-hybridized carbons (Fsp3) is 0.412. The van der Waals surface area contributed by atoms with Gasteiger partial charge in [0.05, 0.1) is 0 Å². The number of aryl methyl sites for hydroxylation is 1. The van der Waals surface area contributed by atoms with Gasteiger partial charge in [0.15, 0.2) is 0 Å². The van der Waals surface area contributed by atoms with E-state index in [1.807, 2.05) is 38.1 Å². The summed E-state index contributed by atoms with van der Waals surface area (Å²) in [7, 11) is 0. The first kappa shape index (κ1) is 15.3. The largest absolute Gasteiger partial charge is 0.479 e. The average molecular weight is 287 g/mol. The van der Waals surface area contributed by atoms with Crippen LogP contribution in [-0.4, -0.2) is 34.0 Å². The topological polar surface area (TPSA) is 57.6 Å². The van der Waals surface area contributed by atoms with Gasteiger partial charge in [-0.2, -0.15) is 0 Å². The molecule has 1 N–H and O–H groups in total. The zero-order chi connectivity index (χ0) is 15.5. The molecular weight excluding hydrogens is 266 g/mol. The van der Waals surface area contributed by atoms with E-state index < -0.39 is 11.5 Å². The third kappa shape index (κ3) is 2.99. The highest BCUT2D eigenvalue weighted by molar-refractivity contribution is 5.96. The molecule has 0 aliphatic carbocycles. The van der Waals surface area contributed by atoms with Crippen molar-refractivity contribution in [3.63, 3.8) is 0 Å². The molecular formula is C17H21NO3. The molecule has 1 aliphatic heterocycles. The van der Waals surface area contributed by atoms with Crippen LogP contribution in [0.4, 0.5) is 0 Å². The summed E-state index contributed by atoms with van der Waals surface area (Å²) in [6.07, 6.45) is 4.92. The maximum atomic E-state index is 12.3. The number of carbonyl (C=O) groups excluding carboxylic acids is 1. The Morgan fingerprint density at radius 1 is 1.33 bits per heavy atom. The van der Waals surface area contributed by atoms with E-state index in [9.17, 15) is 14.7 Å². The number of carboxylic acid groups (broad SMARTS) is 1. The van der Waals surface area contributed by atoms with Gasteiger partial charge in [0.1, 0.15) is 5.54 Å². The number of amides is 1. The number of aliphatic carboxylic acids is 1. The number of rotatable bonds is 4. The number of hydrogen-bond acceptors (Lipinski definition) is 2. The molecule has 1 heterocycles. The smallest absolute Gasteiger partial charge is 0.329 e. The van der Waals surface area contributed by atoms with Crippen LogP contribution in [0.3, 0.4) is 0 Å². The van der Waals surface area contributed by atoms with E-state index >= 15 is 0 Å². The maximum absolute atomic E-state index is 12.3. The van der Waals surface area contributed by atoms with Crippen LogP contribution >= 0.6 is 0 Å². The second-order valence-electron chi connectivity index (χ2n) is 5.53. The summed E-state index contributed by atoms with van der Waals surface area (Å²) in [5.74, 6) is -1.13. The zero-order valence-electron chi connectivity index (χ0n) is 12.5. The summed E-state index contributed by atoms with van der Waals surface area (Å²) in [6.45, 7) is 4.34. The molecule has 0 spiro atoms. The van der Waals surface area contributed by atoms with Gasteiger partial charge in [-0.05, 0) is 37.8 Å². The Bertz CT molecular complexity index is 562. The van der Waals surface area contributed by atoms with Gasteiger partial charge in [-0.3, -0.25) is 4.79 Å². The molecule has 1 unspecified atom stereocenters. The monoisotopic (exact) mass is 287 g/mol. The van der Waals surface area contributed by atoms with Crippen molar-refractivity contribution in [1.82, 2.24) is 4.90 Å². The molecule has 1 fully saturated rings. The van der Waals surface area contributed by atoms with E-state index in [0.29, 0.717) is 19.4 Å². The van der Waals surface area contributed by atoms with E-state index in [0.717, 1.165) is 17.5 Å². The van der Waals surface area contributed by atoms with Crippen LogP contribution in [0.15, 0.2) is 30.3 Å². The van der Waals surface area contributed by atoms with E-state index in [2.05, 4.69) is 0 Å². The summed E-state index contributed by atoms with van der Waals surface area (Å²) in [5.41, 5.74) is 1.06. The summed E-state index contributed by atoms with van der Waals surface area (Å²) in [4.78, 5) is 25.4. The molecule has 1 aromatic rings. The van der Waals surface area contributed by atoms with Crippen LogP contribution in [0.25, 0.3) is 6.08 Å². The fourth-order valence-corrected chi connectivity index (χ4v) is 2.88. The normalized spacial score (nSPS) is 21.9. The van der Waals surface area contributed by atoms with Gasteiger partial charge < -0.3 is 10.0 Å². The third-order valence-corrected chi connectivity index (χ3v) is 4.23. The Morgan fingerprint density at radius 2 is 2.00 bits per heavy atom. The number of hydrogen-bond donors (Lipinski definition) is 1. The standard InChI is InChI=1S/C17H21NO3/c1-3-17(16(20)21)11-4-12-18(17)15(19)10-9-14-7-5-13(2)6-8-14/h5-10H,3-4,11-12H2,1-2H3,(H,20,21)/b10-9+. The minimum Gasteiger partial charge on any atom is -0.479 e. The average Bonchev–Trinajstić information content (AvgIpc) is 2.91. The predicted octanol–water partition coefficient (Wildman–Crippen LogP) is 2.86.